The number of carbonyl (C=O) groups is 4. The molecule has 3 heterocycles. The first-order valence-corrected chi connectivity index (χ1v) is 23.5. The molecule has 3 N–H and O–H groups in total. The molecule has 2 fully saturated rings. The van der Waals surface area contributed by atoms with Crippen LogP contribution in [0.4, 0.5) is 4.79 Å². The van der Waals surface area contributed by atoms with Gasteiger partial charge in [0, 0.05) is 35.4 Å². The molecule has 1 aliphatic heterocycles. The van der Waals surface area contributed by atoms with E-state index >= 15 is 0 Å². The minimum Gasteiger partial charge on any atom is -0.497 e. The van der Waals surface area contributed by atoms with Crippen LogP contribution in [-0.4, -0.2) is 96.7 Å². The minimum absolute atomic E-state index is 0.0360. The number of nitrogens with zero attached hydrogens (tertiary/aromatic N) is 3. The van der Waals surface area contributed by atoms with Gasteiger partial charge in [-0.25, -0.2) is 19.5 Å². The topological polar surface area (TPSA) is 204 Å². The molecule has 1 saturated heterocycles. The van der Waals surface area contributed by atoms with Gasteiger partial charge in [0.05, 0.1) is 41.7 Å². The van der Waals surface area contributed by atoms with Crippen LogP contribution >= 0.6 is 11.3 Å². The molecule has 0 spiro atoms. The number of methoxy groups -OCH3 is 1. The Labute approximate surface area is 382 Å². The zero-order valence-corrected chi connectivity index (χ0v) is 39.2. The lowest BCUT2D eigenvalue weighted by molar-refractivity contribution is -0.143. The summed E-state index contributed by atoms with van der Waals surface area (Å²) >= 11 is 0.867. The van der Waals surface area contributed by atoms with E-state index in [9.17, 15) is 27.6 Å². The molecule has 0 unspecified atom stereocenters. The van der Waals surface area contributed by atoms with Crippen LogP contribution in [0.5, 0.6) is 17.2 Å². The number of thiazole rings is 1. The summed E-state index contributed by atoms with van der Waals surface area (Å²) in [6.07, 6.45) is -0.128. The fraction of sp³-hybridized carbons (Fsp3) is 0.404. The molecule has 4 amide bonds. The zero-order chi connectivity index (χ0) is 47.1. The predicted octanol–water partition coefficient (Wildman–Crippen LogP) is 6.77. The van der Waals surface area contributed by atoms with Gasteiger partial charge in [0.2, 0.25) is 16.2 Å². The number of aromatic nitrogens is 2. The quantitative estimate of drug-likeness (QED) is 0.0988. The predicted molar refractivity (Wildman–Crippen MR) is 246 cm³/mol. The molecule has 7 rings (SSSR count). The zero-order valence-electron chi connectivity index (χ0n) is 37.6. The van der Waals surface area contributed by atoms with Gasteiger partial charge in [-0.15, -0.1) is 17.9 Å². The number of likely N-dealkylation sites (tertiary alicyclic amines) is 1. The van der Waals surface area contributed by atoms with E-state index in [-0.39, 0.29) is 23.7 Å². The number of amides is 4. The first-order valence-electron chi connectivity index (χ1n) is 21.2. The first kappa shape index (κ1) is 46.7. The van der Waals surface area contributed by atoms with E-state index in [1.165, 1.54) is 11.0 Å². The lowest BCUT2D eigenvalue weighted by atomic mass is 9.85. The van der Waals surface area contributed by atoms with Crippen molar-refractivity contribution in [3.63, 3.8) is 0 Å². The molecule has 2 aliphatic rings. The van der Waals surface area contributed by atoms with E-state index in [0.717, 1.165) is 16.9 Å². The number of ether oxygens (including phenoxy) is 4. The molecule has 2 aromatic heterocycles. The maximum atomic E-state index is 14.8. The summed E-state index contributed by atoms with van der Waals surface area (Å²) < 4.78 is 53.0. The van der Waals surface area contributed by atoms with Gasteiger partial charge in [0.25, 0.3) is 15.9 Å². The number of benzene rings is 3. The highest BCUT2D eigenvalue weighted by Crippen LogP contribution is 2.46. The second-order valence-corrected chi connectivity index (χ2v) is 21.1. The highest BCUT2D eigenvalue weighted by Gasteiger charge is 2.62. The third-order valence-electron chi connectivity index (χ3n) is 11.1. The molecule has 344 valence electrons. The molecule has 5 atom stereocenters. The number of nitrogens with one attached hydrogen (secondary N) is 3. The first-order chi connectivity index (χ1) is 30.6. The second kappa shape index (κ2) is 18.0. The summed E-state index contributed by atoms with van der Waals surface area (Å²) in [4.78, 5) is 67.4. The van der Waals surface area contributed by atoms with Gasteiger partial charge in [-0.05, 0) is 69.9 Å². The smallest absolute Gasteiger partial charge is 0.408 e. The Morgan fingerprint density at radius 2 is 1.69 bits per heavy atom. The monoisotopic (exact) mass is 926 g/mol. The van der Waals surface area contributed by atoms with E-state index in [4.69, 9.17) is 23.9 Å². The summed E-state index contributed by atoms with van der Waals surface area (Å²) in [5.74, 6) is -1.39. The number of alkyl carbamates (subject to hydrolysis) is 1. The van der Waals surface area contributed by atoms with Crippen molar-refractivity contribution in [2.24, 2.45) is 11.3 Å². The van der Waals surface area contributed by atoms with E-state index in [1.807, 2.05) is 43.3 Å². The molecule has 0 radical (unpaired) electrons. The Morgan fingerprint density at radius 1 is 0.969 bits per heavy atom. The maximum absolute atomic E-state index is 14.8. The van der Waals surface area contributed by atoms with E-state index in [0.29, 0.717) is 50.7 Å². The molecule has 3 aromatic carbocycles. The normalized spacial score (nSPS) is 20.1. The highest BCUT2D eigenvalue weighted by atomic mass is 32.2. The number of pyridine rings is 1. The van der Waals surface area contributed by atoms with Crippen LogP contribution in [0, 0.1) is 11.3 Å². The number of hydrogen-bond donors (Lipinski definition) is 3. The number of hydrogen-bond acceptors (Lipinski definition) is 13. The van der Waals surface area contributed by atoms with Crippen molar-refractivity contribution < 1.29 is 46.5 Å². The van der Waals surface area contributed by atoms with Crippen LogP contribution in [0.25, 0.3) is 32.4 Å². The van der Waals surface area contributed by atoms with Crippen LogP contribution < -0.4 is 29.6 Å². The van der Waals surface area contributed by atoms with Crippen molar-refractivity contribution in [2.45, 2.75) is 95.0 Å². The average Bonchev–Trinajstić information content (AvgIpc) is 3.53. The van der Waals surface area contributed by atoms with Crippen LogP contribution in [0.3, 0.4) is 0 Å². The van der Waals surface area contributed by atoms with Crippen LogP contribution in [-0.2, 0) is 29.1 Å². The van der Waals surface area contributed by atoms with Gasteiger partial charge in [-0.2, -0.15) is 8.42 Å². The van der Waals surface area contributed by atoms with Crippen molar-refractivity contribution >= 4 is 66.3 Å². The molecule has 65 heavy (non-hydrogen) atoms. The lowest BCUT2D eigenvalue weighted by Crippen LogP contribution is -2.60. The molecule has 0 bridgehead atoms. The average molecular weight is 927 g/mol. The Bertz CT molecular complexity index is 2770. The van der Waals surface area contributed by atoms with E-state index < -0.39 is 74.5 Å². The SMILES string of the molecule is C=C[C@@H]1C[C@]1(NC(=O)[C@@H]1C[C@@H](Oc2cc(-c3ccccc3)nc3cc(OC)ccc23)CN1C(=O)[C@@H](NC(=O)OC(C)(C)C)C(C)(C)C)C(=O)NS(=O)(=O)c1nc2ccc(OCC)cc2s1. The van der Waals surface area contributed by atoms with Crippen molar-refractivity contribution in [1.29, 1.82) is 0 Å². The van der Waals surface area contributed by atoms with Crippen molar-refractivity contribution in [2.75, 3.05) is 20.3 Å². The summed E-state index contributed by atoms with van der Waals surface area (Å²) in [5, 5.41) is 6.20. The number of sulfonamides is 1. The van der Waals surface area contributed by atoms with Crippen molar-refractivity contribution in [1.82, 2.24) is 30.2 Å². The van der Waals surface area contributed by atoms with Gasteiger partial charge in [-0.3, -0.25) is 14.4 Å². The van der Waals surface area contributed by atoms with Crippen LogP contribution in [0.2, 0.25) is 0 Å². The van der Waals surface area contributed by atoms with E-state index in [1.54, 1.807) is 85.1 Å². The van der Waals surface area contributed by atoms with Gasteiger partial charge in [0.15, 0.2) is 0 Å². The highest BCUT2D eigenvalue weighted by molar-refractivity contribution is 7.92. The fourth-order valence-electron chi connectivity index (χ4n) is 7.80. The minimum atomic E-state index is -4.51. The third kappa shape index (κ3) is 10.2. The molecular formula is C47H54N6O10S2. The lowest BCUT2D eigenvalue weighted by Gasteiger charge is -2.36. The molecule has 5 aromatic rings. The van der Waals surface area contributed by atoms with Crippen LogP contribution in [0.15, 0.2) is 89.8 Å². The third-order valence-corrected chi connectivity index (χ3v) is 13.8. The van der Waals surface area contributed by atoms with E-state index in [2.05, 4.69) is 26.9 Å². The second-order valence-electron chi connectivity index (χ2n) is 18.2. The van der Waals surface area contributed by atoms with Gasteiger partial charge < -0.3 is 34.5 Å². The molecule has 1 aliphatic carbocycles. The van der Waals surface area contributed by atoms with Crippen molar-refractivity contribution in [3.8, 4) is 28.5 Å². The van der Waals surface area contributed by atoms with Crippen molar-refractivity contribution in [3.05, 3.63) is 85.5 Å². The molecular weight excluding hydrogens is 873 g/mol. The van der Waals surface area contributed by atoms with Gasteiger partial charge >= 0.3 is 6.09 Å². The Balaban J connectivity index is 1.20. The largest absolute Gasteiger partial charge is 0.497 e. The van der Waals surface area contributed by atoms with Crippen LogP contribution in [0.1, 0.15) is 61.3 Å². The summed E-state index contributed by atoms with van der Waals surface area (Å²) in [5.41, 5.74) is -1.03. The summed E-state index contributed by atoms with van der Waals surface area (Å²) in [7, 11) is -2.95. The summed E-state index contributed by atoms with van der Waals surface area (Å²) in [6.45, 7) is 16.4. The molecule has 18 heteroatoms. The maximum Gasteiger partial charge on any atom is 0.408 e. The molecule has 1 saturated carbocycles. The Morgan fingerprint density at radius 3 is 2.34 bits per heavy atom. The van der Waals surface area contributed by atoms with Gasteiger partial charge in [-0.1, -0.05) is 57.2 Å². The number of rotatable bonds is 14. The fourth-order valence-corrected chi connectivity index (χ4v) is 10.1. The number of fused-ring (bicyclic) bond motifs is 2. The summed E-state index contributed by atoms with van der Waals surface area (Å²) in [6, 6.07) is 19.3. The standard InChI is InChI=1S/C47H54N6O10S2/c1-10-28-25-47(28,42(56)52-65(58,59)44-49-33-20-18-30(61-11-2)23-38(33)64-44)51-40(54)36-22-31(26-53(36)41(55)39(45(3,4)5)50-43(57)63-46(6,7)8)62-37-24-34(27-15-13-12-14-16-27)48-35-21-29(60-9)17-19-32(35)37/h10,12-21,23-24,28,31,36,39H,1,11,22,25-26H2,2-9H3,(H,50,57)(H,51,54)(H,52,56)/t28-,31-,36+,39-,47-/m1/s1. The van der Waals surface area contributed by atoms with Gasteiger partial charge in [0.1, 0.15) is 46.6 Å². The Hall–Kier alpha value is -6.27. The molecule has 16 nitrogen and oxygen atoms in total. The Kier molecular flexibility index (Phi) is 12.9. The number of carbonyl (C=O) groups excluding carboxylic acids is 4.